The Bertz CT molecular complexity index is 328. The number of hydrogen-bond donors (Lipinski definition) is 0. The molecule has 0 aliphatic carbocycles. The minimum atomic E-state index is 0.629. The van der Waals surface area contributed by atoms with Crippen LogP contribution in [-0.4, -0.2) is 27.9 Å². The van der Waals surface area contributed by atoms with E-state index < -0.39 is 0 Å². The van der Waals surface area contributed by atoms with Crippen LogP contribution in [0.3, 0.4) is 0 Å². The Balaban J connectivity index is 2.08. The molecule has 2 unspecified atom stereocenters. The van der Waals surface area contributed by atoms with Crippen LogP contribution in [0.1, 0.15) is 13.3 Å². The molecule has 2 atom stereocenters. The summed E-state index contributed by atoms with van der Waals surface area (Å²) in [7, 11) is 0. The number of aromatic nitrogens is 2. The number of anilines is 1. The molecule has 0 saturated carbocycles. The zero-order valence-electron chi connectivity index (χ0n) is 8.53. The molecule has 0 radical (unpaired) electrons. The van der Waals surface area contributed by atoms with Crippen LogP contribution < -0.4 is 4.90 Å². The Morgan fingerprint density at radius 3 is 2.67 bits per heavy atom. The smallest absolute Gasteiger partial charge is 0.225 e. The summed E-state index contributed by atoms with van der Waals surface area (Å²) in [5, 5.41) is 0. The van der Waals surface area contributed by atoms with Gasteiger partial charge in [0, 0.05) is 30.3 Å². The zero-order valence-corrected chi connectivity index (χ0v) is 11.7. The van der Waals surface area contributed by atoms with E-state index in [1.54, 1.807) is 12.4 Å². The van der Waals surface area contributed by atoms with Crippen molar-refractivity contribution in [1.29, 1.82) is 0 Å². The first-order chi connectivity index (χ1) is 7.16. The van der Waals surface area contributed by atoms with Gasteiger partial charge in [0.2, 0.25) is 5.95 Å². The lowest BCUT2D eigenvalue weighted by Crippen LogP contribution is -2.40. The van der Waals surface area contributed by atoms with Gasteiger partial charge in [-0.15, -0.1) is 0 Å². The largest absolute Gasteiger partial charge is 0.340 e. The van der Waals surface area contributed by atoms with Crippen LogP contribution in [0.25, 0.3) is 0 Å². The van der Waals surface area contributed by atoms with Crippen molar-refractivity contribution >= 4 is 37.8 Å². The number of nitrogens with zero attached hydrogens (tertiary/aromatic N) is 3. The predicted octanol–water partition coefficient (Wildman–Crippen LogP) is 2.85. The SMILES string of the molecule is CC1CN(c2ncc(Br)cn2)CCC1Br. The van der Waals surface area contributed by atoms with E-state index in [0.717, 1.165) is 29.9 Å². The fourth-order valence-corrected chi connectivity index (χ4v) is 2.34. The summed E-state index contributed by atoms with van der Waals surface area (Å²) in [4.78, 5) is 11.5. The first kappa shape index (κ1) is 11.3. The maximum absolute atomic E-state index is 4.31. The fraction of sp³-hybridized carbons (Fsp3) is 0.600. The lowest BCUT2D eigenvalue weighted by molar-refractivity contribution is 0.461. The molecule has 1 aromatic heterocycles. The second kappa shape index (κ2) is 4.78. The summed E-state index contributed by atoms with van der Waals surface area (Å²) in [5.74, 6) is 1.48. The summed E-state index contributed by atoms with van der Waals surface area (Å²) in [6.45, 7) is 4.31. The van der Waals surface area contributed by atoms with E-state index in [2.05, 4.69) is 53.7 Å². The Kier molecular flexibility index (Phi) is 3.61. The van der Waals surface area contributed by atoms with Gasteiger partial charge in [0.15, 0.2) is 0 Å². The van der Waals surface area contributed by atoms with E-state index in [4.69, 9.17) is 0 Å². The van der Waals surface area contributed by atoms with Crippen molar-refractivity contribution < 1.29 is 0 Å². The molecule has 1 aliphatic rings. The summed E-state index contributed by atoms with van der Waals surface area (Å²) < 4.78 is 0.926. The van der Waals surface area contributed by atoms with Gasteiger partial charge in [-0.3, -0.25) is 0 Å². The van der Waals surface area contributed by atoms with Crippen molar-refractivity contribution in [1.82, 2.24) is 9.97 Å². The second-order valence-electron chi connectivity index (χ2n) is 3.93. The van der Waals surface area contributed by atoms with Crippen molar-refractivity contribution in [2.24, 2.45) is 5.92 Å². The highest BCUT2D eigenvalue weighted by molar-refractivity contribution is 9.10. The van der Waals surface area contributed by atoms with E-state index in [0.29, 0.717) is 10.7 Å². The van der Waals surface area contributed by atoms with Crippen LogP contribution in [0.2, 0.25) is 0 Å². The van der Waals surface area contributed by atoms with Gasteiger partial charge in [-0.1, -0.05) is 22.9 Å². The summed E-state index contributed by atoms with van der Waals surface area (Å²) in [6.07, 6.45) is 4.75. The van der Waals surface area contributed by atoms with Crippen molar-refractivity contribution in [3.8, 4) is 0 Å². The highest BCUT2D eigenvalue weighted by Gasteiger charge is 2.25. The molecule has 15 heavy (non-hydrogen) atoms. The van der Waals surface area contributed by atoms with Crippen molar-refractivity contribution in [2.75, 3.05) is 18.0 Å². The van der Waals surface area contributed by atoms with Crippen molar-refractivity contribution in [3.05, 3.63) is 16.9 Å². The zero-order chi connectivity index (χ0) is 10.8. The lowest BCUT2D eigenvalue weighted by atomic mass is 10.0. The van der Waals surface area contributed by atoms with Gasteiger partial charge in [-0.2, -0.15) is 0 Å². The number of alkyl halides is 1. The van der Waals surface area contributed by atoms with Crippen LogP contribution in [-0.2, 0) is 0 Å². The molecule has 5 heteroatoms. The molecule has 0 spiro atoms. The maximum Gasteiger partial charge on any atom is 0.225 e. The molecule has 1 aromatic rings. The number of piperidine rings is 1. The van der Waals surface area contributed by atoms with Crippen LogP contribution in [0.5, 0.6) is 0 Å². The van der Waals surface area contributed by atoms with Crippen LogP contribution >= 0.6 is 31.9 Å². The Labute approximate surface area is 107 Å². The van der Waals surface area contributed by atoms with E-state index in [9.17, 15) is 0 Å². The average molecular weight is 335 g/mol. The van der Waals surface area contributed by atoms with E-state index in [1.807, 2.05) is 0 Å². The van der Waals surface area contributed by atoms with Gasteiger partial charge in [0.05, 0.1) is 4.47 Å². The van der Waals surface area contributed by atoms with Crippen LogP contribution in [0, 0.1) is 5.92 Å². The summed E-state index contributed by atoms with van der Waals surface area (Å²) in [5.41, 5.74) is 0. The van der Waals surface area contributed by atoms with Gasteiger partial charge in [0.25, 0.3) is 0 Å². The monoisotopic (exact) mass is 333 g/mol. The molecule has 1 aliphatic heterocycles. The topological polar surface area (TPSA) is 29.0 Å². The predicted molar refractivity (Wildman–Crippen MR) is 68.4 cm³/mol. The summed E-state index contributed by atoms with van der Waals surface area (Å²) >= 11 is 7.03. The third-order valence-corrected chi connectivity index (χ3v) is 4.46. The standard InChI is InChI=1S/C10H13Br2N3/c1-7-6-15(3-2-9(7)12)10-13-4-8(11)5-14-10/h4-5,7,9H,2-3,6H2,1H3. The van der Waals surface area contributed by atoms with Gasteiger partial charge < -0.3 is 4.90 Å². The first-order valence-corrected chi connectivity index (χ1v) is 6.74. The molecule has 2 heterocycles. The van der Waals surface area contributed by atoms with E-state index >= 15 is 0 Å². The molecule has 0 amide bonds. The molecule has 0 bridgehead atoms. The van der Waals surface area contributed by atoms with Gasteiger partial charge in [0.1, 0.15) is 0 Å². The fourth-order valence-electron chi connectivity index (χ4n) is 1.77. The Morgan fingerprint density at radius 2 is 2.07 bits per heavy atom. The molecule has 2 rings (SSSR count). The number of rotatable bonds is 1. The van der Waals surface area contributed by atoms with Gasteiger partial charge in [-0.25, -0.2) is 9.97 Å². The van der Waals surface area contributed by atoms with Crippen molar-refractivity contribution in [3.63, 3.8) is 0 Å². The van der Waals surface area contributed by atoms with Gasteiger partial charge >= 0.3 is 0 Å². The summed E-state index contributed by atoms with van der Waals surface area (Å²) in [6, 6.07) is 0. The number of halogens is 2. The molecule has 1 fully saturated rings. The Morgan fingerprint density at radius 1 is 1.40 bits per heavy atom. The molecular formula is C10H13Br2N3. The minimum absolute atomic E-state index is 0.629. The van der Waals surface area contributed by atoms with Crippen LogP contribution in [0.4, 0.5) is 5.95 Å². The highest BCUT2D eigenvalue weighted by Crippen LogP contribution is 2.25. The second-order valence-corrected chi connectivity index (χ2v) is 6.02. The van der Waals surface area contributed by atoms with E-state index in [-0.39, 0.29) is 0 Å². The normalized spacial score (nSPS) is 26.7. The lowest BCUT2D eigenvalue weighted by Gasteiger charge is -2.34. The molecular weight excluding hydrogens is 322 g/mol. The third kappa shape index (κ3) is 2.69. The maximum atomic E-state index is 4.31. The quantitative estimate of drug-likeness (QED) is 0.739. The number of hydrogen-bond acceptors (Lipinski definition) is 3. The van der Waals surface area contributed by atoms with Gasteiger partial charge in [-0.05, 0) is 28.3 Å². The minimum Gasteiger partial charge on any atom is -0.340 e. The first-order valence-electron chi connectivity index (χ1n) is 5.03. The van der Waals surface area contributed by atoms with Crippen LogP contribution in [0.15, 0.2) is 16.9 Å². The third-order valence-electron chi connectivity index (χ3n) is 2.69. The van der Waals surface area contributed by atoms with Crippen molar-refractivity contribution in [2.45, 2.75) is 18.2 Å². The average Bonchev–Trinajstić information content (AvgIpc) is 2.23. The molecule has 1 saturated heterocycles. The molecule has 82 valence electrons. The molecule has 0 N–H and O–H groups in total. The highest BCUT2D eigenvalue weighted by atomic mass is 79.9. The molecule has 0 aromatic carbocycles. The molecule has 3 nitrogen and oxygen atoms in total. The Hall–Kier alpha value is -0.160. The van der Waals surface area contributed by atoms with E-state index in [1.165, 1.54) is 0 Å².